The van der Waals surface area contributed by atoms with Crippen LogP contribution in [0.5, 0.6) is 0 Å². The molecule has 0 radical (unpaired) electrons. The molecule has 1 fully saturated rings. The van der Waals surface area contributed by atoms with Gasteiger partial charge in [0, 0.05) is 12.6 Å². The van der Waals surface area contributed by atoms with Crippen molar-refractivity contribution in [2.45, 2.75) is 64.1 Å². The SMILES string of the molecule is CC[C@@H](C(=O)NC1CCCCC1)N(Cc1ccc(Cl)c(Cl)c1)C(=O)CN(c1ccc(F)cc1)S(C)(=O)=O. The van der Waals surface area contributed by atoms with E-state index in [1.807, 2.05) is 0 Å². The smallest absolute Gasteiger partial charge is 0.244 e. The van der Waals surface area contributed by atoms with Gasteiger partial charge in [-0.1, -0.05) is 55.5 Å². The first-order valence-electron chi connectivity index (χ1n) is 12.3. The first-order valence-corrected chi connectivity index (χ1v) is 14.9. The van der Waals surface area contributed by atoms with E-state index in [9.17, 15) is 22.4 Å². The molecule has 3 rings (SSSR count). The number of carbonyl (C=O) groups excluding carboxylic acids is 2. The van der Waals surface area contributed by atoms with Gasteiger partial charge in [0.05, 0.1) is 22.0 Å². The number of nitrogens with one attached hydrogen (secondary N) is 1. The lowest BCUT2D eigenvalue weighted by atomic mass is 9.95. The second-order valence-corrected chi connectivity index (χ2v) is 12.0. The Bertz CT molecular complexity index is 1200. The molecular formula is C26H32Cl2FN3O4S. The molecule has 0 aliphatic heterocycles. The standard InChI is InChI=1S/C26H32Cl2FN3O4S/c1-3-24(26(34)30-20-7-5-4-6-8-20)31(16-18-9-14-22(27)23(28)15-18)25(33)17-32(37(2,35)36)21-12-10-19(29)11-13-21/h9-15,20,24H,3-8,16-17H2,1-2H3,(H,30,34)/t24-/m0/s1. The van der Waals surface area contributed by atoms with E-state index < -0.39 is 34.3 Å². The van der Waals surface area contributed by atoms with Gasteiger partial charge in [-0.25, -0.2) is 12.8 Å². The Morgan fingerprint density at radius 3 is 2.27 bits per heavy atom. The lowest BCUT2D eigenvalue weighted by Gasteiger charge is -2.34. The number of halogens is 3. The number of anilines is 1. The van der Waals surface area contributed by atoms with E-state index in [-0.39, 0.29) is 24.2 Å². The van der Waals surface area contributed by atoms with Gasteiger partial charge in [0.1, 0.15) is 18.4 Å². The summed E-state index contributed by atoms with van der Waals surface area (Å²) in [6, 6.07) is 8.96. The van der Waals surface area contributed by atoms with Crippen molar-refractivity contribution >= 4 is 50.7 Å². The number of benzene rings is 2. The van der Waals surface area contributed by atoms with Crippen molar-refractivity contribution in [2.75, 3.05) is 17.1 Å². The molecule has 0 saturated heterocycles. The molecule has 1 saturated carbocycles. The Hall–Kier alpha value is -2.36. The van der Waals surface area contributed by atoms with Crippen LogP contribution < -0.4 is 9.62 Å². The lowest BCUT2D eigenvalue weighted by Crippen LogP contribution is -2.53. The molecule has 0 bridgehead atoms. The molecule has 1 N–H and O–H groups in total. The lowest BCUT2D eigenvalue weighted by molar-refractivity contribution is -0.140. The molecule has 202 valence electrons. The Labute approximate surface area is 228 Å². The molecule has 1 aliphatic rings. The fourth-order valence-corrected chi connectivity index (χ4v) is 5.69. The maximum absolute atomic E-state index is 13.7. The van der Waals surface area contributed by atoms with E-state index in [0.29, 0.717) is 22.0 Å². The Morgan fingerprint density at radius 2 is 1.70 bits per heavy atom. The summed E-state index contributed by atoms with van der Waals surface area (Å²) in [5.41, 5.74) is 0.783. The van der Waals surface area contributed by atoms with Gasteiger partial charge in [0.15, 0.2) is 0 Å². The van der Waals surface area contributed by atoms with Crippen molar-refractivity contribution in [1.29, 1.82) is 0 Å². The third kappa shape index (κ3) is 8.06. The first-order chi connectivity index (χ1) is 17.5. The van der Waals surface area contributed by atoms with Crippen LogP contribution in [0.15, 0.2) is 42.5 Å². The Balaban J connectivity index is 1.92. The van der Waals surface area contributed by atoms with Crippen LogP contribution in [0.3, 0.4) is 0 Å². The van der Waals surface area contributed by atoms with Crippen LogP contribution in [0.4, 0.5) is 10.1 Å². The summed E-state index contributed by atoms with van der Waals surface area (Å²) >= 11 is 12.2. The van der Waals surface area contributed by atoms with E-state index in [2.05, 4.69) is 5.32 Å². The monoisotopic (exact) mass is 571 g/mol. The van der Waals surface area contributed by atoms with Gasteiger partial charge in [0.25, 0.3) is 0 Å². The van der Waals surface area contributed by atoms with Gasteiger partial charge >= 0.3 is 0 Å². The number of amides is 2. The van der Waals surface area contributed by atoms with Crippen molar-refractivity contribution in [3.8, 4) is 0 Å². The summed E-state index contributed by atoms with van der Waals surface area (Å²) in [6.45, 7) is 1.26. The summed E-state index contributed by atoms with van der Waals surface area (Å²) in [5.74, 6) is -1.39. The first kappa shape index (κ1) is 29.2. The highest BCUT2D eigenvalue weighted by atomic mass is 35.5. The van der Waals surface area contributed by atoms with Crippen LogP contribution in [-0.2, 0) is 26.2 Å². The Kier molecular flexibility index (Phi) is 10.2. The minimum atomic E-state index is -3.90. The number of carbonyl (C=O) groups is 2. The predicted octanol–water partition coefficient (Wildman–Crippen LogP) is 5.15. The molecule has 2 amide bonds. The van der Waals surface area contributed by atoms with Crippen LogP contribution in [-0.4, -0.2) is 50.0 Å². The van der Waals surface area contributed by atoms with Crippen LogP contribution in [0, 0.1) is 5.82 Å². The summed E-state index contributed by atoms with van der Waals surface area (Å²) in [4.78, 5) is 28.4. The highest BCUT2D eigenvalue weighted by Gasteiger charge is 2.33. The quantitative estimate of drug-likeness (QED) is 0.427. The minimum absolute atomic E-state index is 0.0212. The molecule has 0 heterocycles. The average Bonchev–Trinajstić information content (AvgIpc) is 2.85. The molecular weight excluding hydrogens is 540 g/mol. The molecule has 11 heteroatoms. The van der Waals surface area contributed by atoms with Gasteiger partial charge in [-0.2, -0.15) is 0 Å². The second kappa shape index (κ2) is 12.9. The van der Waals surface area contributed by atoms with Crippen molar-refractivity contribution in [1.82, 2.24) is 10.2 Å². The maximum Gasteiger partial charge on any atom is 0.244 e. The normalized spacial score (nSPS) is 15.2. The average molecular weight is 573 g/mol. The molecule has 1 aliphatic carbocycles. The largest absolute Gasteiger partial charge is 0.352 e. The molecule has 0 spiro atoms. The molecule has 2 aromatic carbocycles. The van der Waals surface area contributed by atoms with E-state index in [0.717, 1.165) is 54.8 Å². The summed E-state index contributed by atoms with van der Waals surface area (Å²) in [5, 5.41) is 3.73. The van der Waals surface area contributed by atoms with E-state index in [1.165, 1.54) is 17.0 Å². The molecule has 7 nitrogen and oxygen atoms in total. The van der Waals surface area contributed by atoms with Gasteiger partial charge in [0.2, 0.25) is 21.8 Å². The van der Waals surface area contributed by atoms with Gasteiger partial charge in [-0.3, -0.25) is 13.9 Å². The zero-order valence-corrected chi connectivity index (χ0v) is 23.3. The van der Waals surface area contributed by atoms with E-state index in [4.69, 9.17) is 23.2 Å². The van der Waals surface area contributed by atoms with Crippen LogP contribution in [0.25, 0.3) is 0 Å². The molecule has 0 aromatic heterocycles. The van der Waals surface area contributed by atoms with Gasteiger partial charge < -0.3 is 10.2 Å². The predicted molar refractivity (Wildman–Crippen MR) is 145 cm³/mol. The third-order valence-corrected chi connectivity index (χ3v) is 8.35. The Morgan fingerprint density at radius 1 is 1.05 bits per heavy atom. The summed E-state index contributed by atoms with van der Waals surface area (Å²) in [6.07, 6.45) is 6.27. The van der Waals surface area contributed by atoms with Crippen molar-refractivity contribution in [3.63, 3.8) is 0 Å². The number of hydrogen-bond acceptors (Lipinski definition) is 4. The van der Waals surface area contributed by atoms with Crippen LogP contribution in [0.2, 0.25) is 10.0 Å². The second-order valence-electron chi connectivity index (χ2n) is 9.28. The van der Waals surface area contributed by atoms with E-state index in [1.54, 1.807) is 25.1 Å². The number of hydrogen-bond donors (Lipinski definition) is 1. The topological polar surface area (TPSA) is 86.8 Å². The fraction of sp³-hybridized carbons (Fsp3) is 0.462. The van der Waals surface area contributed by atoms with Crippen LogP contribution >= 0.6 is 23.2 Å². The number of rotatable bonds is 10. The molecule has 0 unspecified atom stereocenters. The molecule has 1 atom stereocenters. The van der Waals surface area contributed by atoms with Crippen molar-refractivity contribution in [2.24, 2.45) is 0 Å². The molecule has 2 aromatic rings. The zero-order valence-electron chi connectivity index (χ0n) is 20.9. The zero-order chi connectivity index (χ0) is 27.2. The fourth-order valence-electron chi connectivity index (χ4n) is 4.52. The number of nitrogens with zero attached hydrogens (tertiary/aromatic N) is 2. The van der Waals surface area contributed by atoms with Gasteiger partial charge in [-0.05, 0) is 61.2 Å². The van der Waals surface area contributed by atoms with Gasteiger partial charge in [-0.15, -0.1) is 0 Å². The number of sulfonamides is 1. The molecule has 37 heavy (non-hydrogen) atoms. The van der Waals surface area contributed by atoms with Crippen LogP contribution in [0.1, 0.15) is 51.0 Å². The van der Waals surface area contributed by atoms with Crippen molar-refractivity contribution < 1.29 is 22.4 Å². The maximum atomic E-state index is 13.7. The highest BCUT2D eigenvalue weighted by Crippen LogP contribution is 2.25. The highest BCUT2D eigenvalue weighted by molar-refractivity contribution is 7.92. The summed E-state index contributed by atoms with van der Waals surface area (Å²) < 4.78 is 39.6. The van der Waals surface area contributed by atoms with Crippen molar-refractivity contribution in [3.05, 3.63) is 63.9 Å². The minimum Gasteiger partial charge on any atom is -0.352 e. The summed E-state index contributed by atoms with van der Waals surface area (Å²) in [7, 11) is -3.90. The third-order valence-electron chi connectivity index (χ3n) is 6.47. The van der Waals surface area contributed by atoms with E-state index >= 15 is 0 Å².